The van der Waals surface area contributed by atoms with Crippen LogP contribution in [0.2, 0.25) is 0 Å². The van der Waals surface area contributed by atoms with Gasteiger partial charge in [0.15, 0.2) is 5.78 Å². The SMILES string of the molecule is COC(=O)N[C@H](C(=O)Cc1cccc(F)c1CC[C@H]1CN[C@@H]2CCCS(=O)(=O)N1C2)[C@@H](c1ccc(F)cc1)C1C[C@@H](C)O[C@H](C)C1. The lowest BCUT2D eigenvalue weighted by Crippen LogP contribution is -2.57. The van der Waals surface area contributed by atoms with Crippen molar-refractivity contribution >= 4 is 21.9 Å². The van der Waals surface area contributed by atoms with Crippen LogP contribution < -0.4 is 10.6 Å². The Morgan fingerprint density at radius 3 is 2.52 bits per heavy atom. The monoisotopic (exact) mass is 661 g/mol. The number of carbonyl (C=O) groups excluding carboxylic acids is 2. The fourth-order valence-corrected chi connectivity index (χ4v) is 9.44. The highest BCUT2D eigenvalue weighted by Crippen LogP contribution is 2.39. The molecule has 1 unspecified atom stereocenters. The van der Waals surface area contributed by atoms with E-state index in [9.17, 15) is 22.4 Å². The molecule has 0 aromatic heterocycles. The fourth-order valence-electron chi connectivity index (χ4n) is 7.63. The van der Waals surface area contributed by atoms with E-state index >= 15 is 4.39 Å². The van der Waals surface area contributed by atoms with Crippen LogP contribution in [0, 0.1) is 17.6 Å². The summed E-state index contributed by atoms with van der Waals surface area (Å²) in [5.41, 5.74) is 1.53. The first kappa shape index (κ1) is 34.4. The van der Waals surface area contributed by atoms with Gasteiger partial charge < -0.3 is 20.1 Å². The Morgan fingerprint density at radius 1 is 1.11 bits per heavy atom. The third kappa shape index (κ3) is 8.13. The molecule has 9 nitrogen and oxygen atoms in total. The van der Waals surface area contributed by atoms with Crippen LogP contribution in [0.1, 0.15) is 68.6 Å². The van der Waals surface area contributed by atoms with Crippen molar-refractivity contribution in [2.75, 3.05) is 26.0 Å². The van der Waals surface area contributed by atoms with Crippen LogP contribution in [0.15, 0.2) is 42.5 Å². The zero-order valence-corrected chi connectivity index (χ0v) is 27.5. The number of carbonyl (C=O) groups is 2. The van der Waals surface area contributed by atoms with E-state index in [-0.39, 0.29) is 54.6 Å². The number of benzene rings is 2. The highest BCUT2D eigenvalue weighted by molar-refractivity contribution is 7.89. The number of Topliss-reactive ketones (excluding diaryl/α,β-unsaturated/α-hetero) is 1. The molecule has 3 heterocycles. The van der Waals surface area contributed by atoms with Crippen molar-refractivity contribution in [3.05, 3.63) is 70.8 Å². The Bertz CT molecular complexity index is 1480. The number of piperazine rings is 1. The Hall–Kier alpha value is -2.93. The number of nitrogens with zero attached hydrogens (tertiary/aromatic N) is 1. The number of ether oxygens (including phenoxy) is 2. The van der Waals surface area contributed by atoms with Gasteiger partial charge in [-0.05, 0) is 93.2 Å². The van der Waals surface area contributed by atoms with E-state index in [1.807, 2.05) is 13.8 Å². The summed E-state index contributed by atoms with van der Waals surface area (Å²) < 4.78 is 67.8. The number of fused-ring (bicyclic) bond motifs is 2. The molecule has 46 heavy (non-hydrogen) atoms. The molecule has 5 rings (SSSR count). The molecule has 2 bridgehead atoms. The van der Waals surface area contributed by atoms with Gasteiger partial charge >= 0.3 is 6.09 Å². The topological polar surface area (TPSA) is 114 Å². The van der Waals surface area contributed by atoms with Gasteiger partial charge in [-0.25, -0.2) is 22.0 Å². The first-order valence-corrected chi connectivity index (χ1v) is 17.8. The normalized spacial score (nSPS) is 28.8. The summed E-state index contributed by atoms with van der Waals surface area (Å²) in [4.78, 5) is 26.9. The van der Waals surface area contributed by atoms with Gasteiger partial charge in [0.2, 0.25) is 10.0 Å². The third-order valence-corrected chi connectivity index (χ3v) is 11.7. The molecule has 0 aliphatic carbocycles. The Morgan fingerprint density at radius 2 is 1.83 bits per heavy atom. The zero-order valence-electron chi connectivity index (χ0n) is 26.7. The van der Waals surface area contributed by atoms with Crippen molar-refractivity contribution in [2.24, 2.45) is 5.92 Å². The molecule has 12 heteroatoms. The molecule has 0 radical (unpaired) electrons. The van der Waals surface area contributed by atoms with Gasteiger partial charge in [-0.2, -0.15) is 4.31 Å². The number of methoxy groups -OCH3 is 1. The van der Waals surface area contributed by atoms with Crippen molar-refractivity contribution in [3.63, 3.8) is 0 Å². The third-order valence-electron chi connectivity index (χ3n) is 9.73. The molecule has 2 N–H and O–H groups in total. The smallest absolute Gasteiger partial charge is 0.407 e. The number of amides is 1. The number of rotatable bonds is 10. The Kier molecular flexibility index (Phi) is 11.1. The second-order valence-corrected chi connectivity index (χ2v) is 15.1. The summed E-state index contributed by atoms with van der Waals surface area (Å²) in [6.45, 7) is 4.82. The lowest BCUT2D eigenvalue weighted by atomic mass is 9.72. The molecule has 0 saturated carbocycles. The summed E-state index contributed by atoms with van der Waals surface area (Å²) >= 11 is 0. The Labute approximate surface area is 270 Å². The second-order valence-electron chi connectivity index (χ2n) is 13.0. The molecule has 3 saturated heterocycles. The molecule has 7 atom stereocenters. The highest BCUT2D eigenvalue weighted by Gasteiger charge is 2.41. The van der Waals surface area contributed by atoms with Crippen LogP contribution in [0.25, 0.3) is 0 Å². The lowest BCUT2D eigenvalue weighted by molar-refractivity contribution is -0.122. The summed E-state index contributed by atoms with van der Waals surface area (Å²) in [6, 6.07) is 9.30. The molecule has 3 aliphatic rings. The largest absolute Gasteiger partial charge is 0.453 e. The number of ketones is 1. The van der Waals surface area contributed by atoms with Crippen molar-refractivity contribution in [1.82, 2.24) is 14.9 Å². The van der Waals surface area contributed by atoms with Crippen LogP contribution in [0.3, 0.4) is 0 Å². The maximum absolute atomic E-state index is 15.4. The van der Waals surface area contributed by atoms with Crippen molar-refractivity contribution < 1.29 is 36.3 Å². The standard InChI is InChI=1S/C34H45F2N3O6S/c1-21-16-25(17-22(2)45-21)32(23-9-11-26(35)12-10-23)33(38-34(41)44-3)31(40)18-24-6-4-8-30(36)29(24)14-13-28-19-37-27-7-5-15-46(42,43)39(28)20-27/h4,6,8-12,21-22,25,27-28,32-33,37H,5,7,13-20H2,1-3H3,(H,38,41)/t21-,22-,27-,28+,32+,33-/m1/s1. The van der Waals surface area contributed by atoms with E-state index in [0.29, 0.717) is 55.5 Å². The van der Waals surface area contributed by atoms with E-state index in [4.69, 9.17) is 9.47 Å². The number of sulfonamides is 1. The van der Waals surface area contributed by atoms with Crippen LogP contribution >= 0.6 is 0 Å². The number of nitrogens with one attached hydrogen (secondary N) is 2. The molecular weight excluding hydrogens is 616 g/mol. The number of alkyl carbamates (subject to hydrolysis) is 1. The maximum atomic E-state index is 15.4. The first-order chi connectivity index (χ1) is 21.9. The first-order valence-electron chi connectivity index (χ1n) is 16.2. The number of hydrogen-bond donors (Lipinski definition) is 2. The average Bonchev–Trinajstić information content (AvgIpc) is 3.12. The van der Waals surface area contributed by atoms with E-state index in [2.05, 4.69) is 10.6 Å². The van der Waals surface area contributed by atoms with Gasteiger partial charge in [-0.3, -0.25) is 4.79 Å². The molecule has 3 aliphatic heterocycles. The fraction of sp³-hybridized carbons (Fsp3) is 0.588. The lowest BCUT2D eigenvalue weighted by Gasteiger charge is -2.40. The molecule has 2 aromatic carbocycles. The van der Waals surface area contributed by atoms with Gasteiger partial charge in [0.25, 0.3) is 0 Å². The van der Waals surface area contributed by atoms with Crippen molar-refractivity contribution in [2.45, 2.75) is 95.0 Å². The van der Waals surface area contributed by atoms with E-state index < -0.39 is 39.7 Å². The van der Waals surface area contributed by atoms with Gasteiger partial charge in [-0.15, -0.1) is 0 Å². The molecule has 2 aromatic rings. The summed E-state index contributed by atoms with van der Waals surface area (Å²) in [7, 11) is -2.18. The predicted octanol–water partition coefficient (Wildman–Crippen LogP) is 4.49. The minimum atomic E-state index is -3.41. The molecule has 3 fully saturated rings. The van der Waals surface area contributed by atoms with E-state index in [1.54, 1.807) is 28.6 Å². The number of hydrogen-bond acceptors (Lipinski definition) is 7. The molecule has 1 amide bonds. The molecule has 0 spiro atoms. The van der Waals surface area contributed by atoms with Gasteiger partial charge in [-0.1, -0.05) is 24.3 Å². The van der Waals surface area contributed by atoms with Crippen LogP contribution in [-0.2, 0) is 37.1 Å². The zero-order chi connectivity index (χ0) is 33.0. The number of halogens is 2. The van der Waals surface area contributed by atoms with E-state index in [0.717, 1.165) is 6.42 Å². The van der Waals surface area contributed by atoms with Crippen molar-refractivity contribution in [3.8, 4) is 0 Å². The van der Waals surface area contributed by atoms with Gasteiger partial charge in [0, 0.05) is 37.5 Å². The maximum Gasteiger partial charge on any atom is 0.407 e. The average molecular weight is 662 g/mol. The molecule has 252 valence electrons. The molecular formula is C34H45F2N3O6S. The van der Waals surface area contributed by atoms with E-state index in [1.165, 1.54) is 25.3 Å². The summed E-state index contributed by atoms with van der Waals surface area (Å²) in [5, 5.41) is 6.21. The highest BCUT2D eigenvalue weighted by atomic mass is 32.2. The predicted molar refractivity (Wildman–Crippen MR) is 170 cm³/mol. The Balaban J connectivity index is 1.42. The minimum Gasteiger partial charge on any atom is -0.453 e. The van der Waals surface area contributed by atoms with Crippen LogP contribution in [0.4, 0.5) is 13.6 Å². The summed E-state index contributed by atoms with van der Waals surface area (Å²) in [6.07, 6.45) is 2.17. The second kappa shape index (κ2) is 14.9. The quantitative estimate of drug-likeness (QED) is 0.386. The van der Waals surface area contributed by atoms with Crippen molar-refractivity contribution in [1.29, 1.82) is 0 Å². The summed E-state index contributed by atoms with van der Waals surface area (Å²) in [5.74, 6) is -1.72. The van der Waals surface area contributed by atoms with Gasteiger partial charge in [0.1, 0.15) is 11.6 Å². The van der Waals surface area contributed by atoms with Crippen LogP contribution in [-0.4, -0.2) is 80.9 Å². The van der Waals surface area contributed by atoms with Gasteiger partial charge in [0.05, 0.1) is 31.1 Å². The minimum absolute atomic E-state index is 0.0829. The van der Waals surface area contributed by atoms with Crippen LogP contribution in [0.5, 0.6) is 0 Å².